The monoisotopic (exact) mass is 273 g/mol. The van der Waals surface area contributed by atoms with E-state index in [-0.39, 0.29) is 11.9 Å². The molecule has 2 rings (SSSR count). The zero-order valence-corrected chi connectivity index (χ0v) is 12.1. The molecular weight excluding hydrogens is 253 g/mol. The van der Waals surface area contributed by atoms with Crippen molar-refractivity contribution in [3.8, 4) is 5.75 Å². The van der Waals surface area contributed by atoms with Gasteiger partial charge in [-0.1, -0.05) is 24.3 Å². The number of rotatable bonds is 5. The molecule has 20 heavy (non-hydrogen) atoms. The third kappa shape index (κ3) is 3.50. The SMILES string of the molecule is COc1ccc(CC(C)Nc2c(C)cccc2F)cc1. The molecule has 0 aliphatic heterocycles. The number of hydrogen-bond acceptors (Lipinski definition) is 2. The summed E-state index contributed by atoms with van der Waals surface area (Å²) in [5.74, 6) is 0.644. The summed E-state index contributed by atoms with van der Waals surface area (Å²) in [5.41, 5.74) is 2.71. The largest absolute Gasteiger partial charge is 0.497 e. The van der Waals surface area contributed by atoms with Crippen LogP contribution >= 0.6 is 0 Å². The van der Waals surface area contributed by atoms with E-state index in [4.69, 9.17) is 4.74 Å². The molecule has 1 N–H and O–H groups in total. The van der Waals surface area contributed by atoms with E-state index >= 15 is 0 Å². The molecule has 106 valence electrons. The fourth-order valence-corrected chi connectivity index (χ4v) is 2.23. The number of halogens is 1. The number of para-hydroxylation sites is 1. The van der Waals surface area contributed by atoms with Crippen molar-refractivity contribution < 1.29 is 9.13 Å². The predicted octanol–water partition coefficient (Wildman–Crippen LogP) is 4.19. The highest BCUT2D eigenvalue weighted by Gasteiger charge is 2.09. The van der Waals surface area contributed by atoms with Crippen molar-refractivity contribution in [3.05, 3.63) is 59.4 Å². The number of benzene rings is 2. The second kappa shape index (κ2) is 6.42. The third-order valence-electron chi connectivity index (χ3n) is 3.31. The van der Waals surface area contributed by atoms with E-state index in [9.17, 15) is 4.39 Å². The summed E-state index contributed by atoms with van der Waals surface area (Å²) in [7, 11) is 1.65. The Labute approximate surface area is 119 Å². The van der Waals surface area contributed by atoms with Gasteiger partial charge < -0.3 is 10.1 Å². The van der Waals surface area contributed by atoms with Crippen molar-refractivity contribution >= 4 is 5.69 Å². The number of methoxy groups -OCH3 is 1. The summed E-state index contributed by atoms with van der Waals surface area (Å²) < 4.78 is 18.9. The van der Waals surface area contributed by atoms with Crippen LogP contribution in [0.4, 0.5) is 10.1 Å². The van der Waals surface area contributed by atoms with Crippen LogP contribution in [0.25, 0.3) is 0 Å². The van der Waals surface area contributed by atoms with E-state index in [1.165, 1.54) is 11.6 Å². The Bertz CT molecular complexity index is 545. The normalized spacial score (nSPS) is 12.0. The van der Waals surface area contributed by atoms with Gasteiger partial charge in [-0.25, -0.2) is 4.39 Å². The van der Waals surface area contributed by atoms with E-state index < -0.39 is 0 Å². The molecule has 0 aliphatic rings. The molecule has 0 spiro atoms. The molecule has 0 amide bonds. The summed E-state index contributed by atoms with van der Waals surface area (Å²) in [6.07, 6.45) is 0.831. The fourth-order valence-electron chi connectivity index (χ4n) is 2.23. The molecule has 2 aromatic carbocycles. The smallest absolute Gasteiger partial charge is 0.146 e. The van der Waals surface area contributed by atoms with Gasteiger partial charge in [-0.05, 0) is 49.6 Å². The molecule has 0 bridgehead atoms. The number of hydrogen-bond donors (Lipinski definition) is 1. The quantitative estimate of drug-likeness (QED) is 0.882. The van der Waals surface area contributed by atoms with Crippen LogP contribution in [0.2, 0.25) is 0 Å². The average molecular weight is 273 g/mol. The zero-order valence-electron chi connectivity index (χ0n) is 12.1. The van der Waals surface area contributed by atoms with Crippen LogP contribution in [0, 0.1) is 12.7 Å². The Kier molecular flexibility index (Phi) is 4.61. The number of ether oxygens (including phenoxy) is 1. The lowest BCUT2D eigenvalue weighted by atomic mass is 10.1. The number of anilines is 1. The second-order valence-electron chi connectivity index (χ2n) is 5.03. The maximum atomic E-state index is 13.8. The molecule has 0 saturated carbocycles. The highest BCUT2D eigenvalue weighted by atomic mass is 19.1. The Balaban J connectivity index is 2.03. The molecule has 0 aliphatic carbocycles. The van der Waals surface area contributed by atoms with Gasteiger partial charge in [0, 0.05) is 6.04 Å². The minimum atomic E-state index is -0.202. The first-order chi connectivity index (χ1) is 9.60. The highest BCUT2D eigenvalue weighted by Crippen LogP contribution is 2.21. The molecule has 2 aromatic rings. The van der Waals surface area contributed by atoms with Gasteiger partial charge in [-0.15, -0.1) is 0 Å². The van der Waals surface area contributed by atoms with E-state index in [1.807, 2.05) is 37.3 Å². The topological polar surface area (TPSA) is 21.3 Å². The Morgan fingerprint density at radius 2 is 1.85 bits per heavy atom. The van der Waals surface area contributed by atoms with Crippen LogP contribution in [0.1, 0.15) is 18.1 Å². The van der Waals surface area contributed by atoms with Crippen LogP contribution in [0.3, 0.4) is 0 Å². The predicted molar refractivity (Wildman–Crippen MR) is 80.9 cm³/mol. The molecule has 2 nitrogen and oxygen atoms in total. The van der Waals surface area contributed by atoms with Gasteiger partial charge in [0.2, 0.25) is 0 Å². The van der Waals surface area contributed by atoms with Gasteiger partial charge in [0.25, 0.3) is 0 Å². The molecule has 1 atom stereocenters. The molecule has 3 heteroatoms. The van der Waals surface area contributed by atoms with Crippen molar-refractivity contribution in [3.63, 3.8) is 0 Å². The van der Waals surface area contributed by atoms with E-state index in [0.29, 0.717) is 5.69 Å². The number of nitrogens with one attached hydrogen (secondary N) is 1. The van der Waals surface area contributed by atoms with Crippen LogP contribution in [0.5, 0.6) is 5.75 Å². The lowest BCUT2D eigenvalue weighted by Crippen LogP contribution is -2.19. The maximum absolute atomic E-state index is 13.8. The van der Waals surface area contributed by atoms with Crippen LogP contribution in [-0.2, 0) is 6.42 Å². The molecule has 0 fully saturated rings. The molecule has 1 unspecified atom stereocenters. The van der Waals surface area contributed by atoms with Crippen molar-refractivity contribution in [1.82, 2.24) is 0 Å². The van der Waals surface area contributed by atoms with E-state index in [0.717, 1.165) is 17.7 Å². The van der Waals surface area contributed by atoms with Crippen LogP contribution in [-0.4, -0.2) is 13.2 Å². The van der Waals surface area contributed by atoms with Gasteiger partial charge in [-0.2, -0.15) is 0 Å². The van der Waals surface area contributed by atoms with E-state index in [2.05, 4.69) is 12.2 Å². The summed E-state index contributed by atoms with van der Waals surface area (Å²) in [4.78, 5) is 0. The highest BCUT2D eigenvalue weighted by molar-refractivity contribution is 5.52. The number of aryl methyl sites for hydroxylation is 1. The Hall–Kier alpha value is -2.03. The maximum Gasteiger partial charge on any atom is 0.146 e. The summed E-state index contributed by atoms with van der Waals surface area (Å²) >= 11 is 0. The Morgan fingerprint density at radius 3 is 2.45 bits per heavy atom. The first-order valence-electron chi connectivity index (χ1n) is 6.74. The van der Waals surface area contributed by atoms with Crippen molar-refractivity contribution in [1.29, 1.82) is 0 Å². The molecular formula is C17H20FNO. The van der Waals surface area contributed by atoms with Crippen molar-refractivity contribution in [2.45, 2.75) is 26.3 Å². The third-order valence-corrected chi connectivity index (χ3v) is 3.31. The summed E-state index contributed by atoms with van der Waals surface area (Å²) in [5, 5.41) is 3.25. The van der Waals surface area contributed by atoms with Gasteiger partial charge in [0.1, 0.15) is 11.6 Å². The van der Waals surface area contributed by atoms with Gasteiger partial charge in [0.15, 0.2) is 0 Å². The average Bonchev–Trinajstić information content (AvgIpc) is 2.44. The second-order valence-corrected chi connectivity index (χ2v) is 5.03. The van der Waals surface area contributed by atoms with Crippen molar-refractivity contribution in [2.24, 2.45) is 0 Å². The molecule has 0 heterocycles. The minimum absolute atomic E-state index is 0.152. The van der Waals surface area contributed by atoms with Crippen molar-refractivity contribution in [2.75, 3.05) is 12.4 Å². The zero-order chi connectivity index (χ0) is 14.5. The lowest BCUT2D eigenvalue weighted by molar-refractivity contribution is 0.414. The van der Waals surface area contributed by atoms with Gasteiger partial charge in [-0.3, -0.25) is 0 Å². The summed E-state index contributed by atoms with van der Waals surface area (Å²) in [6.45, 7) is 3.96. The first-order valence-corrected chi connectivity index (χ1v) is 6.74. The minimum Gasteiger partial charge on any atom is -0.497 e. The lowest BCUT2D eigenvalue weighted by Gasteiger charge is -2.18. The van der Waals surface area contributed by atoms with Gasteiger partial charge >= 0.3 is 0 Å². The molecule has 0 aromatic heterocycles. The molecule has 0 saturated heterocycles. The molecule has 0 radical (unpaired) electrons. The van der Waals surface area contributed by atoms with Gasteiger partial charge in [0.05, 0.1) is 12.8 Å². The first kappa shape index (κ1) is 14.4. The van der Waals surface area contributed by atoms with Crippen LogP contribution < -0.4 is 10.1 Å². The summed E-state index contributed by atoms with van der Waals surface area (Å²) in [6, 6.07) is 13.2. The van der Waals surface area contributed by atoms with Crippen LogP contribution in [0.15, 0.2) is 42.5 Å². The Morgan fingerprint density at radius 1 is 1.15 bits per heavy atom. The van der Waals surface area contributed by atoms with E-state index in [1.54, 1.807) is 13.2 Å². The standard InChI is InChI=1S/C17H20FNO/c1-12-5-4-6-16(18)17(12)19-13(2)11-14-7-9-15(20-3)10-8-14/h4-10,13,19H,11H2,1-3H3. The fraction of sp³-hybridized carbons (Fsp3) is 0.294.